The highest BCUT2D eigenvalue weighted by molar-refractivity contribution is 5.61. The topological polar surface area (TPSA) is 64.3 Å². The van der Waals surface area contributed by atoms with E-state index in [1.54, 1.807) is 7.11 Å². The first-order chi connectivity index (χ1) is 10.8. The predicted octanol–water partition coefficient (Wildman–Crippen LogP) is 2.47. The first-order valence-corrected chi connectivity index (χ1v) is 7.76. The molecule has 1 aromatic carbocycles. The average molecular weight is 298 g/mol. The lowest BCUT2D eigenvalue weighted by Gasteiger charge is -2.35. The highest BCUT2D eigenvalue weighted by atomic mass is 16.5. The molecule has 0 radical (unpaired) electrons. The molecular weight excluding hydrogens is 276 g/mol. The fourth-order valence-corrected chi connectivity index (χ4v) is 2.92. The zero-order valence-corrected chi connectivity index (χ0v) is 12.9. The maximum absolute atomic E-state index is 5.90. The van der Waals surface area contributed by atoms with Gasteiger partial charge in [-0.3, -0.25) is 0 Å². The number of rotatable bonds is 4. The van der Waals surface area contributed by atoms with Crippen molar-refractivity contribution in [2.24, 2.45) is 5.73 Å². The van der Waals surface area contributed by atoms with E-state index >= 15 is 0 Å². The first kappa shape index (κ1) is 14.8. The minimum absolute atomic E-state index is 0.347. The summed E-state index contributed by atoms with van der Waals surface area (Å²) in [7, 11) is 1.67. The SMILES string of the molecule is COc1ccc(-c2ccnc(N3CCCCC3CN)n2)cc1. The van der Waals surface area contributed by atoms with Crippen molar-refractivity contribution in [2.45, 2.75) is 25.3 Å². The van der Waals surface area contributed by atoms with Crippen LogP contribution in [-0.4, -0.2) is 36.2 Å². The molecule has 0 saturated carbocycles. The van der Waals surface area contributed by atoms with Crippen molar-refractivity contribution in [3.05, 3.63) is 36.5 Å². The number of piperidine rings is 1. The number of nitrogens with two attached hydrogens (primary N) is 1. The van der Waals surface area contributed by atoms with Gasteiger partial charge in [0.2, 0.25) is 5.95 Å². The molecule has 0 bridgehead atoms. The zero-order chi connectivity index (χ0) is 15.4. The standard InChI is InChI=1S/C17H22N4O/c1-22-15-7-5-13(6-8-15)16-9-10-19-17(20-16)21-11-3-2-4-14(21)12-18/h5-10,14H,2-4,11-12,18H2,1H3. The van der Waals surface area contributed by atoms with Gasteiger partial charge in [0.25, 0.3) is 0 Å². The Morgan fingerprint density at radius 1 is 1.23 bits per heavy atom. The van der Waals surface area contributed by atoms with E-state index in [4.69, 9.17) is 15.5 Å². The quantitative estimate of drug-likeness (QED) is 0.939. The summed E-state index contributed by atoms with van der Waals surface area (Å²) < 4.78 is 5.20. The molecule has 1 unspecified atom stereocenters. The number of anilines is 1. The summed E-state index contributed by atoms with van der Waals surface area (Å²) in [6, 6.07) is 10.2. The third-order valence-corrected chi connectivity index (χ3v) is 4.18. The lowest BCUT2D eigenvalue weighted by molar-refractivity contribution is 0.415. The number of hydrogen-bond acceptors (Lipinski definition) is 5. The molecule has 3 rings (SSSR count). The largest absolute Gasteiger partial charge is 0.497 e. The minimum Gasteiger partial charge on any atom is -0.497 e. The summed E-state index contributed by atoms with van der Waals surface area (Å²) in [6.45, 7) is 1.63. The van der Waals surface area contributed by atoms with Crippen LogP contribution in [0.1, 0.15) is 19.3 Å². The van der Waals surface area contributed by atoms with Gasteiger partial charge in [-0.25, -0.2) is 9.97 Å². The molecule has 1 fully saturated rings. The lowest BCUT2D eigenvalue weighted by atomic mass is 10.0. The van der Waals surface area contributed by atoms with E-state index in [0.717, 1.165) is 35.9 Å². The Hall–Kier alpha value is -2.14. The first-order valence-electron chi connectivity index (χ1n) is 7.76. The van der Waals surface area contributed by atoms with E-state index in [9.17, 15) is 0 Å². The number of hydrogen-bond donors (Lipinski definition) is 1. The van der Waals surface area contributed by atoms with Crippen LogP contribution in [0.5, 0.6) is 5.75 Å². The van der Waals surface area contributed by atoms with Crippen molar-refractivity contribution in [3.8, 4) is 17.0 Å². The maximum Gasteiger partial charge on any atom is 0.226 e. The Labute approximate surface area is 131 Å². The molecule has 1 aliphatic heterocycles. The smallest absolute Gasteiger partial charge is 0.226 e. The summed E-state index contributed by atoms with van der Waals surface area (Å²) in [5.41, 5.74) is 7.89. The van der Waals surface area contributed by atoms with Crippen LogP contribution in [0, 0.1) is 0 Å². The molecule has 1 atom stereocenters. The van der Waals surface area contributed by atoms with Gasteiger partial charge in [-0.15, -0.1) is 0 Å². The lowest BCUT2D eigenvalue weighted by Crippen LogP contribution is -2.45. The van der Waals surface area contributed by atoms with Crippen molar-refractivity contribution in [3.63, 3.8) is 0 Å². The molecule has 22 heavy (non-hydrogen) atoms. The van der Waals surface area contributed by atoms with Crippen molar-refractivity contribution < 1.29 is 4.74 Å². The third-order valence-electron chi connectivity index (χ3n) is 4.18. The summed E-state index contributed by atoms with van der Waals surface area (Å²) in [5, 5.41) is 0. The third kappa shape index (κ3) is 3.04. The predicted molar refractivity (Wildman–Crippen MR) is 88.1 cm³/mol. The van der Waals surface area contributed by atoms with Crippen molar-refractivity contribution in [1.82, 2.24) is 9.97 Å². The Morgan fingerprint density at radius 3 is 2.77 bits per heavy atom. The summed E-state index contributed by atoms with van der Waals surface area (Å²) >= 11 is 0. The second kappa shape index (κ2) is 6.75. The number of nitrogens with zero attached hydrogens (tertiary/aromatic N) is 3. The molecule has 0 spiro atoms. The van der Waals surface area contributed by atoms with Crippen LogP contribution in [0.25, 0.3) is 11.3 Å². The van der Waals surface area contributed by atoms with Crippen molar-refractivity contribution >= 4 is 5.95 Å². The molecule has 2 heterocycles. The number of ether oxygens (including phenoxy) is 1. The monoisotopic (exact) mass is 298 g/mol. The van der Waals surface area contributed by atoms with Crippen LogP contribution in [0.2, 0.25) is 0 Å². The van der Waals surface area contributed by atoms with Gasteiger partial charge < -0.3 is 15.4 Å². The molecule has 0 amide bonds. The van der Waals surface area contributed by atoms with Gasteiger partial charge in [-0.2, -0.15) is 0 Å². The highest BCUT2D eigenvalue weighted by Crippen LogP contribution is 2.25. The van der Waals surface area contributed by atoms with Crippen LogP contribution in [0.15, 0.2) is 36.5 Å². The van der Waals surface area contributed by atoms with Crippen LogP contribution in [0.3, 0.4) is 0 Å². The van der Waals surface area contributed by atoms with E-state index in [0.29, 0.717) is 12.6 Å². The number of aromatic nitrogens is 2. The van der Waals surface area contributed by atoms with E-state index in [1.807, 2.05) is 36.5 Å². The van der Waals surface area contributed by atoms with Crippen LogP contribution >= 0.6 is 0 Å². The molecule has 1 saturated heterocycles. The molecule has 2 N–H and O–H groups in total. The van der Waals surface area contributed by atoms with E-state index in [1.165, 1.54) is 12.8 Å². The van der Waals surface area contributed by atoms with Gasteiger partial charge in [0, 0.05) is 30.9 Å². The average Bonchev–Trinajstić information content (AvgIpc) is 2.62. The Morgan fingerprint density at radius 2 is 2.05 bits per heavy atom. The van der Waals surface area contributed by atoms with Crippen LogP contribution in [-0.2, 0) is 0 Å². The van der Waals surface area contributed by atoms with Crippen molar-refractivity contribution in [2.75, 3.05) is 25.1 Å². The van der Waals surface area contributed by atoms with Crippen LogP contribution < -0.4 is 15.4 Å². The molecule has 116 valence electrons. The minimum atomic E-state index is 0.347. The highest BCUT2D eigenvalue weighted by Gasteiger charge is 2.23. The normalized spacial score (nSPS) is 18.3. The Bertz CT molecular complexity index is 614. The van der Waals surface area contributed by atoms with E-state index < -0.39 is 0 Å². The Balaban J connectivity index is 1.88. The second-order valence-corrected chi connectivity index (χ2v) is 5.55. The van der Waals surface area contributed by atoms with Gasteiger partial charge in [0.15, 0.2) is 0 Å². The molecule has 1 aliphatic rings. The van der Waals surface area contributed by atoms with Crippen molar-refractivity contribution in [1.29, 1.82) is 0 Å². The number of benzene rings is 1. The number of methoxy groups -OCH3 is 1. The fourth-order valence-electron chi connectivity index (χ4n) is 2.92. The van der Waals surface area contributed by atoms with Crippen LogP contribution in [0.4, 0.5) is 5.95 Å². The molecule has 5 heteroatoms. The Kier molecular flexibility index (Phi) is 4.53. The molecule has 1 aromatic heterocycles. The van der Waals surface area contributed by atoms with Gasteiger partial charge in [-0.05, 0) is 49.6 Å². The van der Waals surface area contributed by atoms with Gasteiger partial charge in [-0.1, -0.05) is 0 Å². The van der Waals surface area contributed by atoms with Gasteiger partial charge in [0.1, 0.15) is 5.75 Å². The fraction of sp³-hybridized carbons (Fsp3) is 0.412. The zero-order valence-electron chi connectivity index (χ0n) is 12.9. The van der Waals surface area contributed by atoms with E-state index in [2.05, 4.69) is 9.88 Å². The maximum atomic E-state index is 5.90. The second-order valence-electron chi connectivity index (χ2n) is 5.55. The van der Waals surface area contributed by atoms with Gasteiger partial charge in [0.05, 0.1) is 12.8 Å². The summed E-state index contributed by atoms with van der Waals surface area (Å²) in [4.78, 5) is 11.4. The molecule has 5 nitrogen and oxygen atoms in total. The summed E-state index contributed by atoms with van der Waals surface area (Å²) in [5.74, 6) is 1.63. The summed E-state index contributed by atoms with van der Waals surface area (Å²) in [6.07, 6.45) is 5.35. The molecule has 0 aliphatic carbocycles. The van der Waals surface area contributed by atoms with E-state index in [-0.39, 0.29) is 0 Å². The molecular formula is C17H22N4O. The molecule has 2 aromatic rings. The van der Waals surface area contributed by atoms with Gasteiger partial charge >= 0.3 is 0 Å².